The first-order valence-corrected chi connectivity index (χ1v) is 20.5. The molecule has 1 saturated carbocycles. The minimum Gasteiger partial charge on any atom is -0.496 e. The number of nitrogens with zero attached hydrogens (tertiary/aromatic N) is 2. The molecule has 6 heterocycles. The zero-order valence-corrected chi connectivity index (χ0v) is 33.8. The molecule has 12 heteroatoms. The zero-order valence-electron chi connectivity index (χ0n) is 33.8. The van der Waals surface area contributed by atoms with E-state index in [0.717, 1.165) is 60.2 Å². The highest BCUT2D eigenvalue weighted by atomic mass is 16.6. The molecule has 2 fully saturated rings. The topological polar surface area (TPSA) is 143 Å². The van der Waals surface area contributed by atoms with Crippen molar-refractivity contribution >= 4 is 34.5 Å². The second-order valence-corrected chi connectivity index (χ2v) is 17.1. The minimum atomic E-state index is -2.29. The van der Waals surface area contributed by atoms with E-state index in [-0.39, 0.29) is 17.9 Å². The van der Waals surface area contributed by atoms with Gasteiger partial charge in [-0.25, -0.2) is 4.79 Å². The van der Waals surface area contributed by atoms with Gasteiger partial charge in [-0.2, -0.15) is 0 Å². The number of benzene rings is 2. The first-order valence-electron chi connectivity index (χ1n) is 20.5. The molecule has 9 atom stereocenters. The molecule has 9 rings (SSSR count). The van der Waals surface area contributed by atoms with Crippen LogP contribution in [0.25, 0.3) is 10.9 Å². The lowest BCUT2D eigenvalue weighted by molar-refractivity contribution is -0.226. The van der Waals surface area contributed by atoms with Gasteiger partial charge in [0.05, 0.1) is 27.4 Å². The molecule has 0 radical (unpaired) electrons. The number of methoxy groups -OCH3 is 3. The van der Waals surface area contributed by atoms with E-state index in [1.807, 2.05) is 25.1 Å². The number of carbonyl (C=O) groups is 3. The van der Waals surface area contributed by atoms with E-state index in [0.29, 0.717) is 49.4 Å². The zero-order chi connectivity index (χ0) is 40.1. The van der Waals surface area contributed by atoms with Gasteiger partial charge in [0.25, 0.3) is 0 Å². The summed E-state index contributed by atoms with van der Waals surface area (Å²) in [5.74, 6) is -1.35. The molecule has 2 aromatic carbocycles. The number of para-hydroxylation sites is 1. The molecule has 12 nitrogen and oxygen atoms in total. The highest BCUT2D eigenvalue weighted by Gasteiger charge is 2.79. The van der Waals surface area contributed by atoms with Gasteiger partial charge in [-0.1, -0.05) is 55.8 Å². The molecule has 1 spiro atoms. The molecule has 3 aromatic rings. The van der Waals surface area contributed by atoms with Crippen LogP contribution >= 0.6 is 0 Å². The van der Waals surface area contributed by atoms with E-state index >= 15 is 4.79 Å². The average Bonchev–Trinajstić information content (AvgIpc) is 3.92. The molecule has 1 aliphatic carbocycles. The average molecular weight is 779 g/mol. The molecule has 3 N–H and O–H groups in total. The van der Waals surface area contributed by atoms with Crippen molar-refractivity contribution in [3.63, 3.8) is 0 Å². The summed E-state index contributed by atoms with van der Waals surface area (Å²) in [5.41, 5.74) is 0.941. The predicted octanol–water partition coefficient (Wildman–Crippen LogP) is 4.77. The van der Waals surface area contributed by atoms with E-state index in [4.69, 9.17) is 18.9 Å². The van der Waals surface area contributed by atoms with Crippen molar-refractivity contribution in [2.75, 3.05) is 59.4 Å². The number of aliphatic hydroxyl groups is 1. The van der Waals surface area contributed by atoms with E-state index in [9.17, 15) is 14.7 Å². The maximum atomic E-state index is 15.2. The van der Waals surface area contributed by atoms with Gasteiger partial charge in [0, 0.05) is 83.9 Å². The van der Waals surface area contributed by atoms with Gasteiger partial charge >= 0.3 is 17.9 Å². The van der Waals surface area contributed by atoms with Crippen molar-refractivity contribution in [3.8, 4) is 5.75 Å². The van der Waals surface area contributed by atoms with Crippen molar-refractivity contribution < 1.29 is 38.4 Å². The summed E-state index contributed by atoms with van der Waals surface area (Å²) in [6, 6.07) is 11.0. The molecule has 6 aliphatic rings. The highest BCUT2D eigenvalue weighted by Crippen LogP contribution is 2.67. The summed E-state index contributed by atoms with van der Waals surface area (Å²) in [5, 5.41) is 17.8. The summed E-state index contributed by atoms with van der Waals surface area (Å²) >= 11 is 0. The third-order valence-electron chi connectivity index (χ3n) is 14.7. The van der Waals surface area contributed by atoms with E-state index in [1.165, 1.54) is 26.7 Å². The molecule has 302 valence electrons. The number of aromatic amines is 1. The van der Waals surface area contributed by atoms with Gasteiger partial charge in [0.2, 0.25) is 5.60 Å². The molecule has 1 aromatic heterocycles. The Labute approximate surface area is 333 Å². The number of nitrogens with one attached hydrogen (secondary N) is 2. The van der Waals surface area contributed by atoms with Crippen molar-refractivity contribution in [1.82, 2.24) is 14.8 Å². The molecule has 2 bridgehead atoms. The van der Waals surface area contributed by atoms with Crippen LogP contribution in [0, 0.1) is 11.3 Å². The Morgan fingerprint density at radius 2 is 1.81 bits per heavy atom. The number of H-pyrrole nitrogens is 1. The molecular weight excluding hydrogens is 725 g/mol. The number of hydrogen-bond acceptors (Lipinski definition) is 11. The molecule has 57 heavy (non-hydrogen) atoms. The number of carbonyl (C=O) groups excluding carboxylic acids is 3. The number of rotatable bonds is 7. The van der Waals surface area contributed by atoms with Gasteiger partial charge in [-0.05, 0) is 67.8 Å². The number of anilines is 1. The van der Waals surface area contributed by atoms with Crippen molar-refractivity contribution in [2.45, 2.75) is 87.5 Å². The fraction of sp³-hybridized carbons (Fsp3) is 0.533. The Bertz CT molecular complexity index is 2230. The summed E-state index contributed by atoms with van der Waals surface area (Å²) < 4.78 is 23.8. The Morgan fingerprint density at radius 1 is 1.02 bits per heavy atom. The van der Waals surface area contributed by atoms with E-state index < -0.39 is 45.9 Å². The standard InChI is InChI=1S/C45H54N4O8/c1-7-27-20-28-23-44(40(51)55-5,36-30(14-18-48(24-27)25-28)29-12-9-10-13-33(29)46-36)32-21-31-34(22-35(32)54-4)47-37-43(31)16-19-49-17-11-15-42(8-2,38(43)49)39(57-26(3)50)45(37,53)41(52)56-6/h9-13,15,20-22,28,37-39,46-47,53H,7-8,14,16-19,23-25H2,1-6H3/t28-,37+,38-,39+,42+,43-,44+,45-/m0/s1. The molecule has 0 amide bonds. The van der Waals surface area contributed by atoms with Crippen LogP contribution in [0.2, 0.25) is 0 Å². The predicted molar refractivity (Wildman–Crippen MR) is 214 cm³/mol. The second-order valence-electron chi connectivity index (χ2n) is 17.1. The first kappa shape index (κ1) is 37.9. The van der Waals surface area contributed by atoms with Crippen LogP contribution in [-0.4, -0.2) is 116 Å². The number of aromatic nitrogens is 1. The normalized spacial score (nSPS) is 34.9. The Kier molecular flexibility index (Phi) is 8.95. The fourth-order valence-electron chi connectivity index (χ4n) is 12.5. The summed E-state index contributed by atoms with van der Waals surface area (Å²) in [7, 11) is 4.33. The number of ether oxygens (including phenoxy) is 4. The summed E-state index contributed by atoms with van der Waals surface area (Å²) in [6.07, 6.45) is 8.38. The maximum absolute atomic E-state index is 15.2. The SMILES string of the molecule is CCC1=C[C@@H]2CN(CCc3c([nH]c4ccccc34)[C@](C(=O)OC)(c3cc4c(cc3OC)N[C@H]3[C@@](O)(C(=O)OC)[C@H](OC(C)=O)[C@]5(CC)C=CCN6CC[C@]43[C@@H]65)C2)C1. The number of hydrogen-bond donors (Lipinski definition) is 3. The largest absolute Gasteiger partial charge is 0.496 e. The van der Waals surface area contributed by atoms with Crippen LogP contribution in [0.1, 0.15) is 68.8 Å². The van der Waals surface area contributed by atoms with Crippen LogP contribution in [0.15, 0.2) is 60.2 Å². The number of fused-ring (bicyclic) bond motifs is 6. The molecule has 5 aliphatic heterocycles. The highest BCUT2D eigenvalue weighted by molar-refractivity contribution is 5.95. The third kappa shape index (κ3) is 4.99. The third-order valence-corrected chi connectivity index (χ3v) is 14.7. The van der Waals surface area contributed by atoms with E-state index in [1.54, 1.807) is 7.11 Å². The van der Waals surface area contributed by atoms with Gasteiger partial charge in [0.15, 0.2) is 6.10 Å². The Hall–Kier alpha value is -4.65. The van der Waals surface area contributed by atoms with Crippen LogP contribution in [0.5, 0.6) is 5.75 Å². The van der Waals surface area contributed by atoms with E-state index in [2.05, 4.69) is 63.5 Å². The van der Waals surface area contributed by atoms with Crippen LogP contribution in [0.4, 0.5) is 5.69 Å². The Morgan fingerprint density at radius 3 is 2.53 bits per heavy atom. The van der Waals surface area contributed by atoms with Crippen molar-refractivity contribution in [2.24, 2.45) is 11.3 Å². The van der Waals surface area contributed by atoms with Crippen molar-refractivity contribution in [1.29, 1.82) is 0 Å². The van der Waals surface area contributed by atoms with Crippen LogP contribution in [-0.2, 0) is 45.8 Å². The Balaban J connectivity index is 1.35. The fourth-order valence-corrected chi connectivity index (χ4v) is 12.5. The quantitative estimate of drug-likeness (QED) is 0.174. The number of esters is 3. The smallest absolute Gasteiger partial charge is 0.344 e. The van der Waals surface area contributed by atoms with Crippen LogP contribution < -0.4 is 10.1 Å². The lowest BCUT2D eigenvalue weighted by atomic mass is 9.47. The van der Waals surface area contributed by atoms with Gasteiger partial charge in [-0.3, -0.25) is 19.4 Å². The van der Waals surface area contributed by atoms with Gasteiger partial charge in [-0.15, -0.1) is 0 Å². The molecule has 1 unspecified atom stereocenters. The van der Waals surface area contributed by atoms with Gasteiger partial charge < -0.3 is 34.4 Å². The lowest BCUT2D eigenvalue weighted by Crippen LogP contribution is -2.80. The van der Waals surface area contributed by atoms with Crippen LogP contribution in [0.3, 0.4) is 0 Å². The summed E-state index contributed by atoms with van der Waals surface area (Å²) in [6.45, 7) is 9.40. The maximum Gasteiger partial charge on any atom is 0.344 e. The molecular formula is C45H54N4O8. The second kappa shape index (κ2) is 13.5. The first-order chi connectivity index (χ1) is 27.5. The van der Waals surface area contributed by atoms with Crippen molar-refractivity contribution in [3.05, 3.63) is 82.6 Å². The minimum absolute atomic E-state index is 0.0222. The molecule has 1 saturated heterocycles. The lowest BCUT2D eigenvalue weighted by Gasteiger charge is -2.62. The van der Waals surface area contributed by atoms with Gasteiger partial charge in [0.1, 0.15) is 11.2 Å². The summed E-state index contributed by atoms with van der Waals surface area (Å²) in [4.78, 5) is 51.0. The monoisotopic (exact) mass is 778 g/mol.